The summed E-state index contributed by atoms with van der Waals surface area (Å²) in [7, 11) is 0. The average Bonchev–Trinajstić information content (AvgIpc) is 3.20. The highest BCUT2D eigenvalue weighted by molar-refractivity contribution is 5.79. The lowest BCUT2D eigenvalue weighted by Crippen LogP contribution is -2.40. The second-order valence-electron chi connectivity index (χ2n) is 7.15. The molecule has 3 aromatic rings. The van der Waals surface area contributed by atoms with E-state index in [-0.39, 0.29) is 11.8 Å². The number of carbonyl (C=O) groups is 1. The third-order valence-electron chi connectivity index (χ3n) is 5.06. The van der Waals surface area contributed by atoms with Gasteiger partial charge in [-0.2, -0.15) is 0 Å². The van der Waals surface area contributed by atoms with Crippen LogP contribution in [-0.4, -0.2) is 34.1 Å². The van der Waals surface area contributed by atoms with Crippen molar-refractivity contribution < 1.29 is 9.21 Å². The molecule has 1 aliphatic heterocycles. The number of aromatic nitrogens is 2. The van der Waals surface area contributed by atoms with Gasteiger partial charge in [-0.3, -0.25) is 4.79 Å². The molecule has 2 aromatic carbocycles. The highest BCUT2D eigenvalue weighted by atomic mass is 16.4. The minimum absolute atomic E-state index is 0.102. The summed E-state index contributed by atoms with van der Waals surface area (Å²) in [6.45, 7) is 3.48. The van der Waals surface area contributed by atoms with Crippen LogP contribution in [0.4, 0.5) is 0 Å². The summed E-state index contributed by atoms with van der Waals surface area (Å²) in [6, 6.07) is 17.9. The lowest BCUT2D eigenvalue weighted by Gasteiger charge is -2.31. The van der Waals surface area contributed by atoms with E-state index in [4.69, 9.17) is 4.42 Å². The smallest absolute Gasteiger partial charge is 0.247 e. The number of amides is 1. The Morgan fingerprint density at radius 1 is 1.11 bits per heavy atom. The van der Waals surface area contributed by atoms with E-state index in [1.165, 1.54) is 5.56 Å². The highest BCUT2D eigenvalue weighted by Gasteiger charge is 2.28. The van der Waals surface area contributed by atoms with Crippen LogP contribution in [-0.2, 0) is 11.2 Å². The predicted molar refractivity (Wildman–Crippen MR) is 103 cm³/mol. The first-order valence-corrected chi connectivity index (χ1v) is 9.41. The molecule has 1 fully saturated rings. The van der Waals surface area contributed by atoms with Crippen molar-refractivity contribution in [2.75, 3.05) is 13.1 Å². The van der Waals surface area contributed by atoms with Gasteiger partial charge in [0.2, 0.25) is 17.7 Å². The summed E-state index contributed by atoms with van der Waals surface area (Å²) in [6.07, 6.45) is 2.35. The van der Waals surface area contributed by atoms with Crippen molar-refractivity contribution in [2.24, 2.45) is 0 Å². The zero-order valence-corrected chi connectivity index (χ0v) is 15.5. The van der Waals surface area contributed by atoms with Crippen molar-refractivity contribution in [1.29, 1.82) is 0 Å². The zero-order chi connectivity index (χ0) is 18.6. The van der Waals surface area contributed by atoms with Crippen LogP contribution in [0.1, 0.15) is 35.8 Å². The van der Waals surface area contributed by atoms with Gasteiger partial charge in [-0.15, -0.1) is 10.2 Å². The normalized spacial score (nSPS) is 17.1. The van der Waals surface area contributed by atoms with Crippen LogP contribution in [0.15, 0.2) is 59.0 Å². The van der Waals surface area contributed by atoms with Crippen LogP contribution in [0, 0.1) is 6.92 Å². The summed E-state index contributed by atoms with van der Waals surface area (Å²) in [5.74, 6) is 1.43. The van der Waals surface area contributed by atoms with Crippen LogP contribution >= 0.6 is 0 Å². The van der Waals surface area contributed by atoms with Gasteiger partial charge in [0, 0.05) is 18.7 Å². The van der Waals surface area contributed by atoms with Gasteiger partial charge in [-0.1, -0.05) is 48.0 Å². The van der Waals surface area contributed by atoms with E-state index in [1.807, 2.05) is 66.4 Å². The molecule has 0 aliphatic carbocycles. The van der Waals surface area contributed by atoms with Crippen LogP contribution in [0.3, 0.4) is 0 Å². The maximum Gasteiger partial charge on any atom is 0.247 e. The molecule has 1 amide bonds. The van der Waals surface area contributed by atoms with Gasteiger partial charge < -0.3 is 9.32 Å². The van der Waals surface area contributed by atoms with Gasteiger partial charge in [0.25, 0.3) is 0 Å². The van der Waals surface area contributed by atoms with Crippen molar-refractivity contribution in [2.45, 2.75) is 32.1 Å². The Morgan fingerprint density at radius 2 is 1.89 bits per heavy atom. The molecule has 1 saturated heterocycles. The molecular formula is C22H23N3O2. The lowest BCUT2D eigenvalue weighted by molar-refractivity contribution is -0.131. The Morgan fingerprint density at radius 3 is 2.67 bits per heavy atom. The van der Waals surface area contributed by atoms with E-state index in [1.54, 1.807) is 0 Å². The number of benzene rings is 2. The van der Waals surface area contributed by atoms with Crippen LogP contribution in [0.2, 0.25) is 0 Å². The molecule has 2 heterocycles. The molecule has 138 valence electrons. The summed E-state index contributed by atoms with van der Waals surface area (Å²) in [5.41, 5.74) is 3.16. The van der Waals surface area contributed by atoms with Crippen molar-refractivity contribution in [3.63, 3.8) is 0 Å². The Labute approximate surface area is 159 Å². The Bertz CT molecular complexity index is 903. The topological polar surface area (TPSA) is 59.2 Å². The first-order valence-electron chi connectivity index (χ1n) is 9.41. The van der Waals surface area contributed by atoms with Gasteiger partial charge in [-0.25, -0.2) is 0 Å². The number of nitrogens with zero attached hydrogens (tertiary/aromatic N) is 3. The molecule has 4 rings (SSSR count). The SMILES string of the molecule is Cc1ccc(-c2nnc(C3CCCN(C(=O)Cc4ccccc4)C3)o2)cc1. The molecule has 0 N–H and O–H groups in total. The van der Waals surface area contributed by atoms with Crippen LogP contribution in [0.25, 0.3) is 11.5 Å². The quantitative estimate of drug-likeness (QED) is 0.705. The molecule has 0 spiro atoms. The average molecular weight is 361 g/mol. The standard InChI is InChI=1S/C22H23N3O2/c1-16-9-11-18(12-10-16)21-23-24-22(27-21)19-8-5-13-25(15-19)20(26)14-17-6-3-2-4-7-17/h2-4,6-7,9-12,19H,5,8,13-15H2,1H3. The molecule has 5 heteroatoms. The Hall–Kier alpha value is -2.95. The van der Waals surface area contributed by atoms with E-state index < -0.39 is 0 Å². The number of aryl methyl sites for hydroxylation is 1. The second kappa shape index (κ2) is 7.74. The fraction of sp³-hybridized carbons (Fsp3) is 0.318. The molecule has 27 heavy (non-hydrogen) atoms. The number of likely N-dealkylation sites (tertiary alicyclic amines) is 1. The molecule has 0 saturated carbocycles. The number of rotatable bonds is 4. The summed E-state index contributed by atoms with van der Waals surface area (Å²) >= 11 is 0. The first kappa shape index (κ1) is 17.5. The Kier molecular flexibility index (Phi) is 5.01. The minimum Gasteiger partial charge on any atom is -0.420 e. The minimum atomic E-state index is 0.102. The first-order chi connectivity index (χ1) is 13.2. The van der Waals surface area contributed by atoms with Crippen LogP contribution < -0.4 is 0 Å². The molecule has 1 atom stereocenters. The highest BCUT2D eigenvalue weighted by Crippen LogP contribution is 2.28. The monoisotopic (exact) mass is 361 g/mol. The molecule has 1 aliphatic rings. The van der Waals surface area contributed by atoms with Crippen LogP contribution in [0.5, 0.6) is 0 Å². The third-order valence-corrected chi connectivity index (χ3v) is 5.06. The molecule has 0 bridgehead atoms. The summed E-state index contributed by atoms with van der Waals surface area (Å²) < 4.78 is 5.94. The molecule has 1 aromatic heterocycles. The van der Waals surface area contributed by atoms with Gasteiger partial charge in [-0.05, 0) is 37.5 Å². The van der Waals surface area contributed by atoms with Gasteiger partial charge >= 0.3 is 0 Å². The number of piperidine rings is 1. The van der Waals surface area contributed by atoms with Crippen molar-refractivity contribution >= 4 is 5.91 Å². The number of hydrogen-bond donors (Lipinski definition) is 0. The van der Waals surface area contributed by atoms with Gasteiger partial charge in [0.05, 0.1) is 12.3 Å². The van der Waals surface area contributed by atoms with Gasteiger partial charge in [0.15, 0.2) is 0 Å². The largest absolute Gasteiger partial charge is 0.420 e. The van der Waals surface area contributed by atoms with Crippen molar-refractivity contribution in [3.05, 3.63) is 71.6 Å². The predicted octanol–water partition coefficient (Wildman–Crippen LogP) is 3.99. The van der Waals surface area contributed by atoms with Gasteiger partial charge in [0.1, 0.15) is 0 Å². The molecule has 0 radical (unpaired) electrons. The maximum atomic E-state index is 12.7. The summed E-state index contributed by atoms with van der Waals surface area (Å²) in [4.78, 5) is 14.6. The Balaban J connectivity index is 1.44. The number of hydrogen-bond acceptors (Lipinski definition) is 4. The van der Waals surface area contributed by atoms with E-state index in [0.717, 1.165) is 30.5 Å². The molecule has 1 unspecified atom stereocenters. The second-order valence-corrected chi connectivity index (χ2v) is 7.15. The van der Waals surface area contributed by atoms with Crippen molar-refractivity contribution in [3.8, 4) is 11.5 Å². The van der Waals surface area contributed by atoms with E-state index in [0.29, 0.717) is 24.7 Å². The lowest BCUT2D eigenvalue weighted by atomic mass is 9.97. The zero-order valence-electron chi connectivity index (χ0n) is 15.5. The van der Waals surface area contributed by atoms with E-state index in [2.05, 4.69) is 10.2 Å². The fourth-order valence-corrected chi connectivity index (χ4v) is 3.50. The van der Waals surface area contributed by atoms with Crippen molar-refractivity contribution in [1.82, 2.24) is 15.1 Å². The third kappa shape index (κ3) is 4.08. The van der Waals surface area contributed by atoms with E-state index >= 15 is 0 Å². The maximum absolute atomic E-state index is 12.7. The summed E-state index contributed by atoms with van der Waals surface area (Å²) in [5, 5.41) is 8.47. The molecular weight excluding hydrogens is 338 g/mol. The van der Waals surface area contributed by atoms with E-state index in [9.17, 15) is 4.79 Å². The number of carbonyl (C=O) groups excluding carboxylic acids is 1. The molecule has 5 nitrogen and oxygen atoms in total. The fourth-order valence-electron chi connectivity index (χ4n) is 3.50.